The number of amides is 1. The molecule has 0 aliphatic heterocycles. The van der Waals surface area contributed by atoms with Crippen LogP contribution in [0.2, 0.25) is 0 Å². The van der Waals surface area contributed by atoms with Crippen molar-refractivity contribution in [1.82, 2.24) is 19.9 Å². The van der Waals surface area contributed by atoms with Gasteiger partial charge in [0.2, 0.25) is 17.8 Å². The molecule has 0 bridgehead atoms. The molecule has 0 aliphatic carbocycles. The minimum absolute atomic E-state index is 0.0145. The Balaban J connectivity index is 2.98. The van der Waals surface area contributed by atoms with Crippen LogP contribution < -0.4 is 15.0 Å². The Morgan fingerprint density at radius 3 is 2.48 bits per heavy atom. The molecule has 1 rings (SSSR count). The van der Waals surface area contributed by atoms with Gasteiger partial charge in [-0.25, -0.2) is 0 Å². The van der Waals surface area contributed by atoms with E-state index < -0.39 is 0 Å². The summed E-state index contributed by atoms with van der Waals surface area (Å²) in [4.78, 5) is 27.9. The summed E-state index contributed by atoms with van der Waals surface area (Å²) in [6, 6.07) is 0.231. The molecule has 1 aromatic rings. The number of likely N-dealkylation sites (N-methyl/N-ethyl adjacent to an activating group) is 2. The minimum Gasteiger partial charge on any atom is -0.467 e. The van der Waals surface area contributed by atoms with Crippen LogP contribution in [-0.4, -0.2) is 66.6 Å². The molecule has 118 valence electrons. The molecule has 0 aromatic carbocycles. The second kappa shape index (κ2) is 8.23. The van der Waals surface area contributed by atoms with Crippen LogP contribution in [0.1, 0.15) is 20.3 Å². The van der Waals surface area contributed by atoms with Crippen LogP contribution in [0.5, 0.6) is 6.01 Å². The van der Waals surface area contributed by atoms with Crippen LogP contribution in [0.3, 0.4) is 0 Å². The van der Waals surface area contributed by atoms with Gasteiger partial charge >= 0.3 is 6.01 Å². The van der Waals surface area contributed by atoms with Crippen molar-refractivity contribution in [3.05, 3.63) is 0 Å². The maximum Gasteiger partial charge on any atom is 0.322 e. The van der Waals surface area contributed by atoms with Crippen LogP contribution in [-0.2, 0) is 4.79 Å². The minimum atomic E-state index is -0.0145. The van der Waals surface area contributed by atoms with E-state index in [2.05, 4.69) is 27.2 Å². The number of aromatic nitrogens is 3. The molecule has 0 radical (unpaired) electrons. The second-order valence-electron chi connectivity index (χ2n) is 4.67. The molecular weight excluding hydrogens is 272 g/mol. The topological polar surface area (TPSA) is 83.5 Å². The molecule has 0 fully saturated rings. The first-order valence-electron chi connectivity index (χ1n) is 7.00. The number of nitrogens with one attached hydrogen (secondary N) is 1. The Labute approximate surface area is 125 Å². The summed E-state index contributed by atoms with van der Waals surface area (Å²) in [7, 11) is 4.95. The Morgan fingerprint density at radius 2 is 1.95 bits per heavy atom. The maximum atomic E-state index is 11.9. The summed E-state index contributed by atoms with van der Waals surface area (Å²) in [5, 5.41) is 3.10. The average Bonchev–Trinajstić information content (AvgIpc) is 2.49. The highest BCUT2D eigenvalue weighted by molar-refractivity contribution is 5.80. The lowest BCUT2D eigenvalue weighted by atomic mass is 10.4. The fraction of sp³-hybridized carbons (Fsp3) is 0.692. The summed E-state index contributed by atoms with van der Waals surface area (Å²) in [6.45, 7) is 5.58. The third-order valence-corrected chi connectivity index (χ3v) is 2.81. The average molecular weight is 296 g/mol. The number of methoxy groups -OCH3 is 1. The smallest absolute Gasteiger partial charge is 0.322 e. The lowest BCUT2D eigenvalue weighted by Gasteiger charge is -2.22. The van der Waals surface area contributed by atoms with Crippen LogP contribution in [0.15, 0.2) is 0 Å². The van der Waals surface area contributed by atoms with Crippen molar-refractivity contribution < 1.29 is 9.53 Å². The maximum absolute atomic E-state index is 11.9. The summed E-state index contributed by atoms with van der Waals surface area (Å²) < 4.78 is 5.10. The molecule has 0 atom stereocenters. The van der Waals surface area contributed by atoms with Gasteiger partial charge in [0, 0.05) is 27.2 Å². The van der Waals surface area contributed by atoms with Gasteiger partial charge in [-0.1, -0.05) is 6.92 Å². The van der Waals surface area contributed by atoms with Crippen LogP contribution in [0.25, 0.3) is 0 Å². The lowest BCUT2D eigenvalue weighted by Crippen LogP contribution is -2.37. The molecule has 0 unspecified atom stereocenters. The standard InChI is InChI=1S/C13H24N6O2/c1-6-8-14-11-15-12(17-13(16-11)21-5)19(7-2)9-10(20)18(3)4/h6-9H2,1-5H3,(H,14,15,16,17). The highest BCUT2D eigenvalue weighted by Crippen LogP contribution is 2.14. The van der Waals surface area contributed by atoms with Crippen molar-refractivity contribution in [3.63, 3.8) is 0 Å². The zero-order chi connectivity index (χ0) is 15.8. The Bertz CT molecular complexity index is 466. The summed E-state index contributed by atoms with van der Waals surface area (Å²) in [6.07, 6.45) is 0.958. The lowest BCUT2D eigenvalue weighted by molar-refractivity contribution is -0.127. The van der Waals surface area contributed by atoms with E-state index in [9.17, 15) is 4.79 Å². The molecule has 1 heterocycles. The molecule has 21 heavy (non-hydrogen) atoms. The van der Waals surface area contributed by atoms with Crippen molar-refractivity contribution in [2.75, 3.05) is 51.1 Å². The van der Waals surface area contributed by atoms with Gasteiger partial charge in [0.15, 0.2) is 0 Å². The number of rotatable bonds is 8. The third-order valence-electron chi connectivity index (χ3n) is 2.81. The molecule has 0 spiro atoms. The molecule has 0 aliphatic rings. The predicted octanol–water partition coefficient (Wildman–Crippen LogP) is 0.617. The van der Waals surface area contributed by atoms with Gasteiger partial charge in [0.1, 0.15) is 0 Å². The number of hydrogen-bond acceptors (Lipinski definition) is 7. The Hall–Kier alpha value is -2.12. The zero-order valence-electron chi connectivity index (χ0n) is 13.4. The molecule has 8 nitrogen and oxygen atoms in total. The van der Waals surface area contributed by atoms with Gasteiger partial charge in [-0.05, 0) is 13.3 Å². The van der Waals surface area contributed by atoms with Crippen molar-refractivity contribution in [3.8, 4) is 6.01 Å². The van der Waals surface area contributed by atoms with E-state index in [4.69, 9.17) is 4.74 Å². The normalized spacial score (nSPS) is 10.1. The SMILES string of the molecule is CCCNc1nc(OC)nc(N(CC)CC(=O)N(C)C)n1. The van der Waals surface area contributed by atoms with Gasteiger partial charge in [0.25, 0.3) is 0 Å². The van der Waals surface area contributed by atoms with Crippen LogP contribution >= 0.6 is 0 Å². The van der Waals surface area contributed by atoms with Crippen molar-refractivity contribution in [1.29, 1.82) is 0 Å². The molecule has 1 aromatic heterocycles. The van der Waals surface area contributed by atoms with Gasteiger partial charge in [-0.15, -0.1) is 0 Å². The Kier molecular flexibility index (Phi) is 6.64. The molecular formula is C13H24N6O2. The summed E-state index contributed by atoms with van der Waals surface area (Å²) in [5.74, 6) is 0.868. The number of nitrogens with zero attached hydrogens (tertiary/aromatic N) is 5. The monoisotopic (exact) mass is 296 g/mol. The third kappa shape index (κ3) is 5.05. The van der Waals surface area contributed by atoms with E-state index in [1.54, 1.807) is 19.0 Å². The number of carbonyl (C=O) groups excluding carboxylic acids is 1. The molecule has 1 N–H and O–H groups in total. The van der Waals surface area contributed by atoms with E-state index in [1.807, 2.05) is 6.92 Å². The molecule has 1 amide bonds. The Morgan fingerprint density at radius 1 is 1.24 bits per heavy atom. The number of ether oxygens (including phenoxy) is 1. The largest absolute Gasteiger partial charge is 0.467 e. The first-order valence-corrected chi connectivity index (χ1v) is 7.00. The van der Waals surface area contributed by atoms with Gasteiger partial charge < -0.3 is 19.9 Å². The highest BCUT2D eigenvalue weighted by Gasteiger charge is 2.16. The molecule has 8 heteroatoms. The first-order chi connectivity index (χ1) is 10.0. The fourth-order valence-electron chi connectivity index (χ4n) is 1.52. The van der Waals surface area contributed by atoms with E-state index in [1.165, 1.54) is 12.0 Å². The van der Waals surface area contributed by atoms with E-state index in [0.29, 0.717) is 18.4 Å². The number of carbonyl (C=O) groups is 1. The summed E-state index contributed by atoms with van der Waals surface area (Å²) >= 11 is 0. The summed E-state index contributed by atoms with van der Waals surface area (Å²) in [5.41, 5.74) is 0. The second-order valence-corrected chi connectivity index (χ2v) is 4.67. The zero-order valence-corrected chi connectivity index (χ0v) is 13.4. The van der Waals surface area contributed by atoms with E-state index in [0.717, 1.165) is 13.0 Å². The van der Waals surface area contributed by atoms with Gasteiger partial charge in [-0.2, -0.15) is 15.0 Å². The van der Waals surface area contributed by atoms with Crippen LogP contribution in [0, 0.1) is 0 Å². The number of anilines is 2. The molecule has 0 saturated carbocycles. The van der Waals surface area contributed by atoms with Gasteiger partial charge in [-0.3, -0.25) is 4.79 Å². The predicted molar refractivity (Wildman–Crippen MR) is 81.7 cm³/mol. The highest BCUT2D eigenvalue weighted by atomic mass is 16.5. The van der Waals surface area contributed by atoms with E-state index in [-0.39, 0.29) is 18.5 Å². The first kappa shape index (κ1) is 16.9. The fourth-order valence-corrected chi connectivity index (χ4v) is 1.52. The quantitative estimate of drug-likeness (QED) is 0.752. The van der Waals surface area contributed by atoms with E-state index >= 15 is 0 Å². The molecule has 0 saturated heterocycles. The van der Waals surface area contributed by atoms with Crippen molar-refractivity contribution in [2.24, 2.45) is 0 Å². The number of hydrogen-bond donors (Lipinski definition) is 1. The van der Waals surface area contributed by atoms with Crippen LogP contribution in [0.4, 0.5) is 11.9 Å². The van der Waals surface area contributed by atoms with Gasteiger partial charge in [0.05, 0.1) is 13.7 Å². The van der Waals surface area contributed by atoms with Crippen molar-refractivity contribution >= 4 is 17.8 Å². The van der Waals surface area contributed by atoms with Crippen molar-refractivity contribution in [2.45, 2.75) is 20.3 Å².